The van der Waals surface area contributed by atoms with Crippen LogP contribution in [0.4, 0.5) is 0 Å². The molecule has 0 nitrogen and oxygen atoms in total. The molecule has 3 aromatic carbocycles. The van der Waals surface area contributed by atoms with Crippen molar-refractivity contribution in [2.24, 2.45) is 0 Å². The molecule has 4 rings (SSSR count). The third kappa shape index (κ3) is 6.11. The van der Waals surface area contributed by atoms with Crippen molar-refractivity contribution in [3.05, 3.63) is 131 Å². The van der Waals surface area contributed by atoms with Gasteiger partial charge in [0.2, 0.25) is 0 Å². The Bertz CT molecular complexity index is 885. The summed E-state index contributed by atoms with van der Waals surface area (Å²) in [5.41, 5.74) is 5.49. The Labute approximate surface area is 204 Å². The normalized spacial score (nSPS) is 17.0. The Hall–Kier alpha value is -1.28. The maximum absolute atomic E-state index is 2.46. The van der Waals surface area contributed by atoms with Crippen molar-refractivity contribution in [1.82, 2.24) is 0 Å². The van der Waals surface area contributed by atoms with Gasteiger partial charge in [-0.15, -0.1) is 0 Å². The molecule has 29 heavy (non-hydrogen) atoms. The number of halogens is 3. The van der Waals surface area contributed by atoms with Crippen LogP contribution in [0.5, 0.6) is 0 Å². The first kappa shape index (κ1) is 25.8. The van der Waals surface area contributed by atoms with Crippen LogP contribution >= 0.6 is 0 Å². The Kier molecular flexibility index (Phi) is 10.5. The van der Waals surface area contributed by atoms with Crippen molar-refractivity contribution in [1.29, 1.82) is 0 Å². The number of rotatable bonds is 5. The minimum absolute atomic E-state index is 0. The predicted molar refractivity (Wildman–Crippen MR) is 105 cm³/mol. The standard InChI is InChI=1S/C25H21.3ClH.Ti/c1-4-10-20(11-5-1)18-21-16-17-24(19-21)25(22-12-6-2-7-13-22)23-14-8-3-9-15-23;;;;/h1-17,19,25H,18H2;3*1H;/q;;;;+3/p-3. The SMILES string of the molecule is [Cl-].[Cl-].[Cl-].[Ti+3][C]1(C(c2ccccc2)c2ccccc2)C=CC(Cc2ccccc2)=C1. The van der Waals surface area contributed by atoms with Crippen molar-refractivity contribution < 1.29 is 57.7 Å². The Balaban J connectivity index is 0.00000140. The third-order valence-electron chi connectivity index (χ3n) is 4.99. The molecule has 3 aromatic rings. The van der Waals surface area contributed by atoms with E-state index in [0.29, 0.717) is 5.92 Å². The summed E-state index contributed by atoms with van der Waals surface area (Å²) in [6, 6.07) is 32.5. The van der Waals surface area contributed by atoms with E-state index in [1.165, 1.54) is 22.3 Å². The second-order valence-corrected chi connectivity index (χ2v) is 8.25. The van der Waals surface area contributed by atoms with Gasteiger partial charge in [0.1, 0.15) is 0 Å². The zero-order chi connectivity index (χ0) is 17.8. The van der Waals surface area contributed by atoms with E-state index in [1.807, 2.05) is 0 Å². The minimum atomic E-state index is -0.0210. The molecule has 0 fully saturated rings. The summed E-state index contributed by atoms with van der Waals surface area (Å²) in [5.74, 6) is 0.314. The first-order chi connectivity index (χ1) is 12.7. The molecule has 0 amide bonds. The molecule has 0 heterocycles. The fourth-order valence-corrected chi connectivity index (χ4v) is 4.74. The molecule has 1 unspecified atom stereocenters. The molecule has 0 spiro atoms. The number of allylic oxidation sites excluding steroid dienone is 4. The van der Waals surface area contributed by atoms with E-state index in [4.69, 9.17) is 0 Å². The fraction of sp³-hybridized carbons (Fsp3) is 0.120. The molecule has 0 saturated carbocycles. The molecule has 0 saturated heterocycles. The van der Waals surface area contributed by atoms with Gasteiger partial charge in [-0.2, -0.15) is 0 Å². The molecule has 1 aliphatic rings. The van der Waals surface area contributed by atoms with E-state index in [-0.39, 0.29) is 40.9 Å². The molecule has 0 aliphatic heterocycles. The van der Waals surface area contributed by atoms with E-state index in [0.717, 1.165) is 6.42 Å². The Morgan fingerprint density at radius 3 is 1.59 bits per heavy atom. The van der Waals surface area contributed by atoms with Crippen molar-refractivity contribution in [3.8, 4) is 0 Å². The molecule has 4 heteroatoms. The first-order valence-corrected chi connectivity index (χ1v) is 9.82. The van der Waals surface area contributed by atoms with E-state index in [1.54, 1.807) is 0 Å². The van der Waals surface area contributed by atoms with Gasteiger partial charge in [-0.05, 0) is 0 Å². The summed E-state index contributed by atoms with van der Waals surface area (Å²) >= 11 is 2.35. The third-order valence-corrected chi connectivity index (χ3v) is 5.93. The summed E-state index contributed by atoms with van der Waals surface area (Å²) in [6.45, 7) is 0. The van der Waals surface area contributed by atoms with Crippen LogP contribution in [0, 0.1) is 0 Å². The van der Waals surface area contributed by atoms with Crippen LogP contribution in [-0.4, -0.2) is 0 Å². The predicted octanol–water partition coefficient (Wildman–Crippen LogP) is -2.73. The first-order valence-electron chi connectivity index (χ1n) is 9.04. The summed E-state index contributed by atoms with van der Waals surface area (Å²) in [4.78, 5) is 0. The average Bonchev–Trinajstić information content (AvgIpc) is 3.05. The summed E-state index contributed by atoms with van der Waals surface area (Å²) in [7, 11) is 0. The van der Waals surface area contributed by atoms with E-state index < -0.39 is 0 Å². The summed E-state index contributed by atoms with van der Waals surface area (Å²) in [5, 5.41) is 0. The van der Waals surface area contributed by atoms with Crippen LogP contribution in [0.15, 0.2) is 115 Å². The Morgan fingerprint density at radius 2 is 1.10 bits per heavy atom. The number of benzene rings is 3. The van der Waals surface area contributed by atoms with Gasteiger partial charge in [-0.25, -0.2) is 0 Å². The topological polar surface area (TPSA) is 0 Å². The average molecular weight is 476 g/mol. The van der Waals surface area contributed by atoms with Gasteiger partial charge in [0.05, 0.1) is 0 Å². The van der Waals surface area contributed by atoms with E-state index >= 15 is 0 Å². The van der Waals surface area contributed by atoms with Crippen LogP contribution in [0.3, 0.4) is 0 Å². The van der Waals surface area contributed by atoms with Gasteiger partial charge >= 0.3 is 168 Å². The quantitative estimate of drug-likeness (QED) is 0.352. The molecular weight excluding hydrogens is 455 g/mol. The molecule has 146 valence electrons. The van der Waals surface area contributed by atoms with Crippen molar-refractivity contribution in [3.63, 3.8) is 0 Å². The van der Waals surface area contributed by atoms with Crippen molar-refractivity contribution in [2.75, 3.05) is 0 Å². The second kappa shape index (κ2) is 11.8. The van der Waals surface area contributed by atoms with Gasteiger partial charge in [0.25, 0.3) is 0 Å². The summed E-state index contributed by atoms with van der Waals surface area (Å²) in [6.07, 6.45) is 8.15. The van der Waals surface area contributed by atoms with Crippen molar-refractivity contribution >= 4 is 0 Å². The van der Waals surface area contributed by atoms with Gasteiger partial charge < -0.3 is 37.2 Å². The maximum atomic E-state index is 2.46. The molecule has 1 atom stereocenters. The van der Waals surface area contributed by atoms with Crippen LogP contribution in [0.1, 0.15) is 22.6 Å². The van der Waals surface area contributed by atoms with Crippen LogP contribution < -0.4 is 37.2 Å². The summed E-state index contributed by atoms with van der Waals surface area (Å²) < 4.78 is -0.0210. The second-order valence-electron chi connectivity index (χ2n) is 6.90. The van der Waals surface area contributed by atoms with E-state index in [2.05, 4.69) is 130 Å². The molecule has 1 aliphatic carbocycles. The van der Waals surface area contributed by atoms with Gasteiger partial charge in [-0.1, -0.05) is 0 Å². The molecule has 0 radical (unpaired) electrons. The van der Waals surface area contributed by atoms with Crippen LogP contribution in [-0.2, 0) is 26.9 Å². The van der Waals surface area contributed by atoms with E-state index in [9.17, 15) is 0 Å². The zero-order valence-electron chi connectivity index (χ0n) is 15.8. The fourth-order valence-electron chi connectivity index (χ4n) is 3.80. The van der Waals surface area contributed by atoms with Crippen LogP contribution in [0.2, 0.25) is 3.72 Å². The molecule has 0 aromatic heterocycles. The molecule has 0 N–H and O–H groups in total. The monoisotopic (exact) mass is 474 g/mol. The van der Waals surface area contributed by atoms with Gasteiger partial charge in [-0.3, -0.25) is 0 Å². The molecular formula is C25H21Cl3Ti. The zero-order valence-corrected chi connectivity index (χ0v) is 19.6. The Morgan fingerprint density at radius 1 is 0.655 bits per heavy atom. The van der Waals surface area contributed by atoms with Gasteiger partial charge in [0, 0.05) is 0 Å². The van der Waals surface area contributed by atoms with Crippen molar-refractivity contribution in [2.45, 2.75) is 16.1 Å². The van der Waals surface area contributed by atoms with Crippen LogP contribution in [0.25, 0.3) is 0 Å². The number of hydrogen-bond acceptors (Lipinski definition) is 0. The molecule has 0 bridgehead atoms. The van der Waals surface area contributed by atoms with Gasteiger partial charge in [0.15, 0.2) is 0 Å². The number of hydrogen-bond donors (Lipinski definition) is 0.